The van der Waals surface area contributed by atoms with Gasteiger partial charge in [-0.25, -0.2) is 0 Å². The van der Waals surface area contributed by atoms with Crippen LogP contribution in [0, 0.1) is 0 Å². The Balaban J connectivity index is 1.71. The van der Waals surface area contributed by atoms with Crippen LogP contribution in [0.2, 0.25) is 0 Å². The van der Waals surface area contributed by atoms with E-state index in [1.165, 1.54) is 11.4 Å². The Morgan fingerprint density at radius 3 is 1.50 bits per heavy atom. The highest BCUT2D eigenvalue weighted by molar-refractivity contribution is 5.61. The first-order valence-electron chi connectivity index (χ1n) is 7.13. The van der Waals surface area contributed by atoms with E-state index in [2.05, 4.69) is 70.5 Å². The van der Waals surface area contributed by atoms with Crippen LogP contribution < -0.4 is 9.80 Å². The smallest absolute Gasteiger partial charge is 0.161 e. The Labute approximate surface area is 119 Å². The fraction of sp³-hybridized carbons (Fsp3) is 0.294. The molecule has 0 saturated carbocycles. The number of rotatable bonds is 2. The van der Waals surface area contributed by atoms with E-state index in [4.69, 9.17) is 4.74 Å². The topological polar surface area (TPSA) is 15.7 Å². The predicted molar refractivity (Wildman–Crippen MR) is 81.1 cm³/mol. The van der Waals surface area contributed by atoms with Crippen molar-refractivity contribution in [2.45, 2.75) is 5.66 Å². The molecule has 0 N–H and O–H groups in total. The molecule has 0 radical (unpaired) electrons. The summed E-state index contributed by atoms with van der Waals surface area (Å²) in [5.74, 6) is 0. The van der Waals surface area contributed by atoms with Gasteiger partial charge in [0.1, 0.15) is 0 Å². The van der Waals surface area contributed by atoms with Crippen molar-refractivity contribution >= 4 is 11.4 Å². The summed E-state index contributed by atoms with van der Waals surface area (Å²) in [6, 6.07) is 21.3. The highest BCUT2D eigenvalue weighted by Gasteiger charge is 2.53. The van der Waals surface area contributed by atoms with Crippen LogP contribution in [0.5, 0.6) is 0 Å². The molecular formula is C17H18N2O. The second-order valence-electron chi connectivity index (χ2n) is 5.45. The summed E-state index contributed by atoms with van der Waals surface area (Å²) in [5, 5.41) is 0. The quantitative estimate of drug-likeness (QED) is 0.831. The summed E-state index contributed by atoms with van der Waals surface area (Å²) in [6.45, 7) is 3.64. The maximum atomic E-state index is 5.58. The Kier molecular flexibility index (Phi) is 2.67. The molecule has 0 unspecified atom stereocenters. The van der Waals surface area contributed by atoms with Crippen molar-refractivity contribution in [1.82, 2.24) is 0 Å². The Bertz CT molecular complexity index is 531. The van der Waals surface area contributed by atoms with Crippen molar-refractivity contribution in [2.75, 3.05) is 36.1 Å². The number of hydrogen-bond donors (Lipinski definition) is 0. The minimum Gasteiger partial charge on any atom is -0.372 e. The number of anilines is 2. The molecule has 2 heterocycles. The molecule has 2 saturated heterocycles. The van der Waals surface area contributed by atoms with Crippen molar-refractivity contribution in [3.63, 3.8) is 0 Å². The van der Waals surface area contributed by atoms with Crippen LogP contribution in [0.1, 0.15) is 0 Å². The van der Waals surface area contributed by atoms with Gasteiger partial charge in [0.25, 0.3) is 0 Å². The molecule has 0 aliphatic carbocycles. The van der Waals surface area contributed by atoms with Gasteiger partial charge in [0.15, 0.2) is 5.66 Å². The first-order chi connectivity index (χ1) is 9.90. The first-order valence-corrected chi connectivity index (χ1v) is 7.13. The van der Waals surface area contributed by atoms with Crippen LogP contribution in [0.25, 0.3) is 0 Å². The number of para-hydroxylation sites is 2. The van der Waals surface area contributed by atoms with Crippen LogP contribution in [0.4, 0.5) is 11.4 Å². The van der Waals surface area contributed by atoms with E-state index >= 15 is 0 Å². The number of hydrogen-bond acceptors (Lipinski definition) is 3. The van der Waals surface area contributed by atoms with Gasteiger partial charge >= 0.3 is 0 Å². The van der Waals surface area contributed by atoms with Crippen LogP contribution in [0.3, 0.4) is 0 Å². The van der Waals surface area contributed by atoms with Gasteiger partial charge in [-0.1, -0.05) is 36.4 Å². The fourth-order valence-corrected chi connectivity index (χ4v) is 3.31. The molecule has 2 fully saturated rings. The van der Waals surface area contributed by atoms with Crippen molar-refractivity contribution in [1.29, 1.82) is 0 Å². The second-order valence-corrected chi connectivity index (χ2v) is 5.45. The third-order valence-electron chi connectivity index (χ3n) is 4.35. The predicted octanol–water partition coefficient (Wildman–Crippen LogP) is 2.74. The van der Waals surface area contributed by atoms with Gasteiger partial charge < -0.3 is 14.5 Å². The molecule has 2 aromatic rings. The molecule has 2 aromatic carbocycles. The van der Waals surface area contributed by atoms with Crippen molar-refractivity contribution in [3.05, 3.63) is 60.7 Å². The Hall–Kier alpha value is -2.00. The third kappa shape index (κ3) is 1.63. The second kappa shape index (κ2) is 4.53. The summed E-state index contributed by atoms with van der Waals surface area (Å²) in [6.07, 6.45) is 0. The lowest BCUT2D eigenvalue weighted by Gasteiger charge is -2.51. The molecule has 1 spiro atoms. The van der Waals surface area contributed by atoms with E-state index in [0.29, 0.717) is 0 Å². The zero-order chi connectivity index (χ0) is 13.4. The standard InChI is InChI=1S/C17H18N2O/c1-3-7-15(8-4-1)18-11-12-19(17(18)13-20-14-17)16-9-5-2-6-10-16/h1-10H,11-14H2. The van der Waals surface area contributed by atoms with Crippen LogP contribution in [-0.2, 0) is 4.74 Å². The molecule has 102 valence electrons. The SMILES string of the molecule is c1ccc(N2CCN(c3ccccc3)C23COC3)cc1. The average Bonchev–Trinajstić information content (AvgIpc) is 2.89. The monoisotopic (exact) mass is 266 g/mol. The van der Waals surface area contributed by atoms with Gasteiger partial charge in [0, 0.05) is 24.5 Å². The highest BCUT2D eigenvalue weighted by atomic mass is 16.5. The summed E-state index contributed by atoms with van der Waals surface area (Å²) >= 11 is 0. The Morgan fingerprint density at radius 1 is 0.700 bits per heavy atom. The molecule has 0 amide bonds. The summed E-state index contributed by atoms with van der Waals surface area (Å²) in [7, 11) is 0. The van der Waals surface area contributed by atoms with Gasteiger partial charge in [0.05, 0.1) is 13.2 Å². The number of benzene rings is 2. The van der Waals surface area contributed by atoms with Gasteiger partial charge in [-0.05, 0) is 24.3 Å². The number of ether oxygens (including phenoxy) is 1. The molecule has 20 heavy (non-hydrogen) atoms. The lowest BCUT2D eigenvalue weighted by Crippen LogP contribution is -2.67. The zero-order valence-electron chi connectivity index (χ0n) is 11.4. The lowest BCUT2D eigenvalue weighted by atomic mass is 10.0. The van der Waals surface area contributed by atoms with Crippen molar-refractivity contribution in [2.24, 2.45) is 0 Å². The normalized spacial score (nSPS) is 20.2. The molecule has 0 bridgehead atoms. The third-order valence-corrected chi connectivity index (χ3v) is 4.35. The molecule has 4 rings (SSSR count). The minimum absolute atomic E-state index is 0.00269. The molecule has 2 aliphatic heterocycles. The first kappa shape index (κ1) is 11.8. The zero-order valence-corrected chi connectivity index (χ0v) is 11.4. The largest absolute Gasteiger partial charge is 0.372 e. The average molecular weight is 266 g/mol. The maximum absolute atomic E-state index is 5.58. The number of nitrogens with zero attached hydrogens (tertiary/aromatic N) is 2. The minimum atomic E-state index is 0.00269. The highest BCUT2D eigenvalue weighted by Crippen LogP contribution is 2.40. The van der Waals surface area contributed by atoms with Crippen LogP contribution in [0.15, 0.2) is 60.7 Å². The molecule has 0 aromatic heterocycles. The van der Waals surface area contributed by atoms with E-state index in [1.807, 2.05) is 0 Å². The van der Waals surface area contributed by atoms with E-state index in [0.717, 1.165) is 26.3 Å². The Morgan fingerprint density at radius 2 is 1.15 bits per heavy atom. The molecule has 0 atom stereocenters. The lowest BCUT2D eigenvalue weighted by molar-refractivity contribution is -0.0484. The molecule has 2 aliphatic rings. The van der Waals surface area contributed by atoms with Crippen molar-refractivity contribution in [3.8, 4) is 0 Å². The van der Waals surface area contributed by atoms with Gasteiger partial charge in [-0.15, -0.1) is 0 Å². The van der Waals surface area contributed by atoms with E-state index in [9.17, 15) is 0 Å². The van der Waals surface area contributed by atoms with Crippen molar-refractivity contribution < 1.29 is 4.74 Å². The van der Waals surface area contributed by atoms with Crippen LogP contribution in [-0.4, -0.2) is 32.0 Å². The van der Waals surface area contributed by atoms with Gasteiger partial charge in [0.2, 0.25) is 0 Å². The van der Waals surface area contributed by atoms with Crippen LogP contribution >= 0.6 is 0 Å². The maximum Gasteiger partial charge on any atom is 0.161 e. The summed E-state index contributed by atoms with van der Waals surface area (Å²) in [4.78, 5) is 4.98. The molecule has 3 nitrogen and oxygen atoms in total. The van der Waals surface area contributed by atoms with Gasteiger partial charge in [-0.2, -0.15) is 0 Å². The fourth-order valence-electron chi connectivity index (χ4n) is 3.31. The van der Waals surface area contributed by atoms with E-state index < -0.39 is 0 Å². The summed E-state index contributed by atoms with van der Waals surface area (Å²) < 4.78 is 5.58. The molecule has 3 heteroatoms. The summed E-state index contributed by atoms with van der Waals surface area (Å²) in [5.41, 5.74) is 2.58. The van der Waals surface area contributed by atoms with Gasteiger partial charge in [-0.3, -0.25) is 0 Å². The van der Waals surface area contributed by atoms with E-state index in [-0.39, 0.29) is 5.66 Å². The van der Waals surface area contributed by atoms with E-state index in [1.54, 1.807) is 0 Å². The molecular weight excluding hydrogens is 248 g/mol.